The summed E-state index contributed by atoms with van der Waals surface area (Å²) in [5, 5.41) is 0. The van der Waals surface area contributed by atoms with Gasteiger partial charge in [-0.1, -0.05) is 5.92 Å². The van der Waals surface area contributed by atoms with E-state index < -0.39 is 0 Å². The fraction of sp³-hybridized carbons (Fsp3) is 0.222. The van der Waals surface area contributed by atoms with Crippen LogP contribution in [0.2, 0.25) is 0 Å². The molecule has 0 unspecified atom stereocenters. The number of pyridine rings is 1. The zero-order chi connectivity index (χ0) is 8.97. The van der Waals surface area contributed by atoms with Crippen molar-refractivity contribution in [1.82, 2.24) is 4.98 Å². The van der Waals surface area contributed by atoms with Crippen LogP contribution in [0.4, 0.5) is 0 Å². The van der Waals surface area contributed by atoms with Crippen molar-refractivity contribution in [3.8, 4) is 12.3 Å². The lowest BCUT2D eigenvalue weighted by Gasteiger charge is -2.09. The smallest absolute Gasteiger partial charge is 0.0739 e. The molecule has 0 aromatic carbocycles. The Bertz CT molecular complexity index is 301. The summed E-state index contributed by atoms with van der Waals surface area (Å²) in [5.41, 5.74) is 12.5. The molecule has 12 heavy (non-hydrogen) atoms. The summed E-state index contributed by atoms with van der Waals surface area (Å²) in [6.07, 6.45) is 6.92. The van der Waals surface area contributed by atoms with E-state index in [1.165, 1.54) is 0 Å². The van der Waals surface area contributed by atoms with E-state index in [-0.39, 0.29) is 6.04 Å². The summed E-state index contributed by atoms with van der Waals surface area (Å²) in [6, 6.07) is 3.32. The van der Waals surface area contributed by atoms with Gasteiger partial charge in [-0.25, -0.2) is 0 Å². The Morgan fingerprint density at radius 3 is 3.00 bits per heavy atom. The first-order chi connectivity index (χ1) is 5.79. The molecular weight excluding hydrogens is 150 g/mol. The average Bonchev–Trinajstić information content (AvgIpc) is 2.16. The Kier molecular flexibility index (Phi) is 2.81. The second kappa shape index (κ2) is 3.86. The Labute approximate surface area is 71.8 Å². The van der Waals surface area contributed by atoms with Crippen molar-refractivity contribution in [2.24, 2.45) is 11.5 Å². The first-order valence-corrected chi connectivity index (χ1v) is 3.66. The standard InChI is InChI=1S/C9H11N3/c1-2-7-4-3-5-12-9(7)8(11)6-10/h1,3-5,8H,6,10-11H2/t8-/m1/s1. The van der Waals surface area contributed by atoms with Gasteiger partial charge in [-0.3, -0.25) is 4.98 Å². The number of nitrogens with zero attached hydrogens (tertiary/aromatic N) is 1. The summed E-state index contributed by atoms with van der Waals surface area (Å²) in [7, 11) is 0. The molecule has 0 saturated heterocycles. The van der Waals surface area contributed by atoms with Crippen LogP contribution in [0.3, 0.4) is 0 Å². The van der Waals surface area contributed by atoms with E-state index in [0.29, 0.717) is 12.2 Å². The predicted molar refractivity (Wildman–Crippen MR) is 48.2 cm³/mol. The molecule has 62 valence electrons. The topological polar surface area (TPSA) is 64.9 Å². The number of aromatic nitrogens is 1. The first-order valence-electron chi connectivity index (χ1n) is 3.66. The molecule has 4 N–H and O–H groups in total. The van der Waals surface area contributed by atoms with Crippen molar-refractivity contribution in [3.63, 3.8) is 0 Å². The average molecular weight is 161 g/mol. The predicted octanol–water partition coefficient (Wildman–Crippen LogP) is 0.0214. The van der Waals surface area contributed by atoms with E-state index in [0.717, 1.165) is 5.56 Å². The number of hydrogen-bond acceptors (Lipinski definition) is 3. The van der Waals surface area contributed by atoms with Crippen LogP contribution in [-0.4, -0.2) is 11.5 Å². The minimum atomic E-state index is -0.266. The molecule has 0 aliphatic carbocycles. The van der Waals surface area contributed by atoms with E-state index in [9.17, 15) is 0 Å². The third kappa shape index (κ3) is 1.62. The largest absolute Gasteiger partial charge is 0.329 e. The fourth-order valence-corrected chi connectivity index (χ4v) is 0.947. The van der Waals surface area contributed by atoms with Crippen molar-refractivity contribution < 1.29 is 0 Å². The molecule has 0 aliphatic rings. The normalized spacial score (nSPS) is 12.1. The van der Waals surface area contributed by atoms with E-state index in [1.54, 1.807) is 18.3 Å². The van der Waals surface area contributed by atoms with Crippen molar-refractivity contribution in [3.05, 3.63) is 29.6 Å². The van der Waals surface area contributed by atoms with Gasteiger partial charge in [-0.05, 0) is 12.1 Å². The fourth-order valence-electron chi connectivity index (χ4n) is 0.947. The molecule has 0 radical (unpaired) electrons. The lowest BCUT2D eigenvalue weighted by Crippen LogP contribution is -2.22. The monoisotopic (exact) mass is 161 g/mol. The number of nitrogens with two attached hydrogens (primary N) is 2. The second-order valence-corrected chi connectivity index (χ2v) is 2.42. The highest BCUT2D eigenvalue weighted by Gasteiger charge is 2.08. The SMILES string of the molecule is C#Cc1cccnc1[C@H](N)CN. The molecule has 0 bridgehead atoms. The van der Waals surface area contributed by atoms with Gasteiger partial charge in [0.1, 0.15) is 0 Å². The lowest BCUT2D eigenvalue weighted by atomic mass is 10.1. The van der Waals surface area contributed by atoms with Gasteiger partial charge in [0.05, 0.1) is 11.7 Å². The zero-order valence-electron chi connectivity index (χ0n) is 6.70. The number of hydrogen-bond donors (Lipinski definition) is 2. The molecular formula is C9H11N3. The van der Waals surface area contributed by atoms with Gasteiger partial charge in [-0.2, -0.15) is 0 Å². The molecule has 3 heteroatoms. The molecule has 3 nitrogen and oxygen atoms in total. The minimum Gasteiger partial charge on any atom is -0.329 e. The summed E-state index contributed by atoms with van der Waals surface area (Å²) in [4.78, 5) is 4.07. The third-order valence-electron chi connectivity index (χ3n) is 1.60. The van der Waals surface area contributed by atoms with Crippen LogP contribution in [0.5, 0.6) is 0 Å². The molecule has 0 fully saturated rings. The van der Waals surface area contributed by atoms with Crippen molar-refractivity contribution in [2.75, 3.05) is 6.54 Å². The van der Waals surface area contributed by atoms with E-state index >= 15 is 0 Å². The molecule has 1 aromatic heterocycles. The maximum atomic E-state index is 5.69. The summed E-state index contributed by atoms with van der Waals surface area (Å²) in [6.45, 7) is 0.353. The second-order valence-electron chi connectivity index (χ2n) is 2.42. The van der Waals surface area contributed by atoms with Crippen molar-refractivity contribution >= 4 is 0 Å². The van der Waals surface area contributed by atoms with Gasteiger partial charge in [-0.15, -0.1) is 6.42 Å². The van der Waals surface area contributed by atoms with Crippen LogP contribution in [0.25, 0.3) is 0 Å². The number of terminal acetylenes is 1. The summed E-state index contributed by atoms with van der Waals surface area (Å²) < 4.78 is 0. The van der Waals surface area contributed by atoms with Gasteiger partial charge in [0, 0.05) is 18.3 Å². The highest BCUT2D eigenvalue weighted by atomic mass is 14.8. The third-order valence-corrected chi connectivity index (χ3v) is 1.60. The van der Waals surface area contributed by atoms with Crippen molar-refractivity contribution in [1.29, 1.82) is 0 Å². The highest BCUT2D eigenvalue weighted by Crippen LogP contribution is 2.10. The van der Waals surface area contributed by atoms with Gasteiger partial charge in [0.15, 0.2) is 0 Å². The molecule has 0 amide bonds. The summed E-state index contributed by atoms with van der Waals surface area (Å²) in [5.74, 6) is 2.51. The molecule has 1 aromatic rings. The van der Waals surface area contributed by atoms with Crippen molar-refractivity contribution in [2.45, 2.75) is 6.04 Å². The quantitative estimate of drug-likeness (QED) is 0.601. The Morgan fingerprint density at radius 2 is 2.42 bits per heavy atom. The van der Waals surface area contributed by atoms with Crippen LogP contribution < -0.4 is 11.5 Å². The Morgan fingerprint density at radius 1 is 1.67 bits per heavy atom. The van der Waals surface area contributed by atoms with Crippen LogP contribution in [0.1, 0.15) is 17.3 Å². The van der Waals surface area contributed by atoms with Crippen LogP contribution in [0.15, 0.2) is 18.3 Å². The maximum Gasteiger partial charge on any atom is 0.0739 e. The molecule has 1 heterocycles. The first kappa shape index (κ1) is 8.72. The molecule has 1 atom stereocenters. The lowest BCUT2D eigenvalue weighted by molar-refractivity contribution is 0.709. The molecule has 1 rings (SSSR count). The summed E-state index contributed by atoms with van der Waals surface area (Å²) >= 11 is 0. The molecule has 0 spiro atoms. The van der Waals surface area contributed by atoms with Crippen LogP contribution in [0, 0.1) is 12.3 Å². The highest BCUT2D eigenvalue weighted by molar-refractivity contribution is 5.37. The van der Waals surface area contributed by atoms with Gasteiger partial charge in [0.2, 0.25) is 0 Å². The zero-order valence-corrected chi connectivity index (χ0v) is 6.70. The van der Waals surface area contributed by atoms with Crippen LogP contribution >= 0.6 is 0 Å². The minimum absolute atomic E-state index is 0.266. The van der Waals surface area contributed by atoms with Gasteiger partial charge in [0.25, 0.3) is 0 Å². The van der Waals surface area contributed by atoms with Gasteiger partial charge >= 0.3 is 0 Å². The van der Waals surface area contributed by atoms with E-state index in [1.807, 2.05) is 0 Å². The van der Waals surface area contributed by atoms with Crippen LogP contribution in [-0.2, 0) is 0 Å². The maximum absolute atomic E-state index is 5.69. The number of rotatable bonds is 2. The Hall–Kier alpha value is -1.37. The van der Waals surface area contributed by atoms with Gasteiger partial charge < -0.3 is 11.5 Å². The van der Waals surface area contributed by atoms with E-state index in [4.69, 9.17) is 17.9 Å². The Balaban J connectivity index is 3.07. The molecule has 0 aliphatic heterocycles. The molecule has 0 saturated carbocycles. The van der Waals surface area contributed by atoms with E-state index in [2.05, 4.69) is 10.9 Å².